The van der Waals surface area contributed by atoms with Gasteiger partial charge in [-0.25, -0.2) is 4.98 Å². The third-order valence-electron chi connectivity index (χ3n) is 4.61. The van der Waals surface area contributed by atoms with E-state index in [9.17, 15) is 4.79 Å². The number of nitrogens with zero attached hydrogens (tertiary/aromatic N) is 5. The van der Waals surface area contributed by atoms with E-state index < -0.39 is 0 Å². The predicted molar refractivity (Wildman–Crippen MR) is 109 cm³/mol. The van der Waals surface area contributed by atoms with Crippen molar-refractivity contribution in [2.24, 2.45) is 7.05 Å². The molecule has 0 unspecified atom stereocenters. The van der Waals surface area contributed by atoms with Gasteiger partial charge in [0.2, 0.25) is 11.9 Å². The Morgan fingerprint density at radius 2 is 2.18 bits per heavy atom. The first-order chi connectivity index (χ1) is 13.5. The minimum Gasteiger partial charge on any atom is -0.325 e. The first-order valence-corrected chi connectivity index (χ1v) is 8.97. The van der Waals surface area contributed by atoms with Gasteiger partial charge in [0.05, 0.1) is 11.9 Å². The quantitative estimate of drug-likeness (QED) is 0.665. The maximum atomic E-state index is 11.6. The monoisotopic (exact) mass is 375 g/mol. The molecule has 3 heterocycles. The second kappa shape index (κ2) is 7.15. The highest BCUT2D eigenvalue weighted by Crippen LogP contribution is 2.40. The average molecular weight is 375 g/mol. The highest BCUT2D eigenvalue weighted by molar-refractivity contribution is 5.99. The van der Waals surface area contributed by atoms with E-state index in [1.807, 2.05) is 43.7 Å². The molecule has 4 rings (SSSR count). The molecule has 1 aromatic carbocycles. The van der Waals surface area contributed by atoms with Gasteiger partial charge in [0, 0.05) is 48.8 Å². The van der Waals surface area contributed by atoms with Crippen LogP contribution in [0.1, 0.15) is 18.4 Å². The van der Waals surface area contributed by atoms with Crippen LogP contribution < -0.4 is 15.5 Å². The van der Waals surface area contributed by atoms with Crippen LogP contribution in [0.4, 0.5) is 28.8 Å². The number of aromatic nitrogens is 4. The Morgan fingerprint density at radius 3 is 2.93 bits per heavy atom. The number of nitrogens with one attached hydrogen (secondary N) is 2. The van der Waals surface area contributed by atoms with Crippen LogP contribution in [-0.2, 0) is 11.8 Å². The molecule has 3 aromatic rings. The Kier molecular flexibility index (Phi) is 4.52. The molecule has 2 aromatic heterocycles. The number of hydrogen-bond acceptors (Lipinski definition) is 6. The third-order valence-corrected chi connectivity index (χ3v) is 4.61. The zero-order valence-corrected chi connectivity index (χ0v) is 15.8. The van der Waals surface area contributed by atoms with Crippen molar-refractivity contribution in [2.75, 3.05) is 22.1 Å². The minimum absolute atomic E-state index is 0.238. The summed E-state index contributed by atoms with van der Waals surface area (Å²) in [5.74, 6) is 1.44. The van der Waals surface area contributed by atoms with Crippen molar-refractivity contribution in [3.05, 3.63) is 61.1 Å². The van der Waals surface area contributed by atoms with Gasteiger partial charge in [0.1, 0.15) is 5.82 Å². The standard InChI is InChI=1S/C20H21N7O/c1-4-18(28)23-14-6-5-7-16(8-14)27-11-13(2)17-10-21-20(25-19(17)27)24-15-9-22-26(3)12-15/h4-10,12-13H,1,11H2,2-3H3,(H,23,28)(H,21,24,25)/t13-/m1/s1. The Morgan fingerprint density at radius 1 is 1.32 bits per heavy atom. The SMILES string of the molecule is C=CC(=O)Nc1cccc(N2C[C@@H](C)c3cnc(Nc4cnn(C)c4)nc32)c1. The van der Waals surface area contributed by atoms with Crippen LogP contribution in [0, 0.1) is 0 Å². The second-order valence-electron chi connectivity index (χ2n) is 6.76. The lowest BCUT2D eigenvalue weighted by molar-refractivity contribution is -0.111. The fourth-order valence-electron chi connectivity index (χ4n) is 3.25. The maximum Gasteiger partial charge on any atom is 0.247 e. The Balaban J connectivity index is 1.64. The number of fused-ring (bicyclic) bond motifs is 1. The first-order valence-electron chi connectivity index (χ1n) is 8.97. The lowest BCUT2D eigenvalue weighted by atomic mass is 10.1. The predicted octanol–water partition coefficient (Wildman–Crippen LogP) is 3.33. The summed E-state index contributed by atoms with van der Waals surface area (Å²) < 4.78 is 1.72. The fraction of sp³-hybridized carbons (Fsp3) is 0.200. The van der Waals surface area contributed by atoms with E-state index >= 15 is 0 Å². The number of carbonyl (C=O) groups excluding carboxylic acids is 1. The van der Waals surface area contributed by atoms with Crippen molar-refractivity contribution in [1.29, 1.82) is 0 Å². The van der Waals surface area contributed by atoms with Gasteiger partial charge >= 0.3 is 0 Å². The van der Waals surface area contributed by atoms with Crippen molar-refractivity contribution in [3.63, 3.8) is 0 Å². The van der Waals surface area contributed by atoms with Crippen LogP contribution in [0.3, 0.4) is 0 Å². The molecule has 8 heteroatoms. The van der Waals surface area contributed by atoms with Gasteiger partial charge in [-0.2, -0.15) is 10.1 Å². The smallest absolute Gasteiger partial charge is 0.247 e. The zero-order valence-electron chi connectivity index (χ0n) is 15.8. The summed E-state index contributed by atoms with van der Waals surface area (Å²) in [6.07, 6.45) is 6.71. The number of hydrogen-bond donors (Lipinski definition) is 2. The summed E-state index contributed by atoms with van der Waals surface area (Å²) in [7, 11) is 1.86. The van der Waals surface area contributed by atoms with Gasteiger partial charge in [0.15, 0.2) is 0 Å². The number of anilines is 5. The minimum atomic E-state index is -0.238. The molecule has 8 nitrogen and oxygen atoms in total. The number of rotatable bonds is 5. The molecule has 1 aliphatic rings. The molecule has 0 bridgehead atoms. The number of amides is 1. The maximum absolute atomic E-state index is 11.6. The summed E-state index contributed by atoms with van der Waals surface area (Å²) in [6.45, 7) is 6.43. The molecule has 2 N–H and O–H groups in total. The molecule has 1 aliphatic heterocycles. The summed E-state index contributed by atoms with van der Waals surface area (Å²) in [6, 6.07) is 7.69. The third kappa shape index (κ3) is 3.44. The van der Waals surface area contributed by atoms with Crippen LogP contribution in [-0.4, -0.2) is 32.2 Å². The van der Waals surface area contributed by atoms with E-state index in [2.05, 4.69) is 39.1 Å². The topological polar surface area (TPSA) is 88.0 Å². The van der Waals surface area contributed by atoms with Crippen LogP contribution >= 0.6 is 0 Å². The second-order valence-corrected chi connectivity index (χ2v) is 6.76. The van der Waals surface area contributed by atoms with E-state index in [1.54, 1.807) is 10.9 Å². The molecule has 0 spiro atoms. The molecule has 0 aliphatic carbocycles. The van der Waals surface area contributed by atoms with Gasteiger partial charge in [-0.15, -0.1) is 0 Å². The lowest BCUT2D eigenvalue weighted by Crippen LogP contribution is -2.16. The number of carbonyl (C=O) groups is 1. The van der Waals surface area contributed by atoms with Crippen molar-refractivity contribution in [3.8, 4) is 0 Å². The summed E-state index contributed by atoms with van der Waals surface area (Å²) >= 11 is 0. The fourth-order valence-corrected chi connectivity index (χ4v) is 3.25. The highest BCUT2D eigenvalue weighted by atomic mass is 16.1. The van der Waals surface area contributed by atoms with Crippen LogP contribution in [0.25, 0.3) is 0 Å². The number of benzene rings is 1. The highest BCUT2D eigenvalue weighted by Gasteiger charge is 2.29. The molecule has 0 radical (unpaired) electrons. The van der Waals surface area contributed by atoms with E-state index in [4.69, 9.17) is 4.98 Å². The van der Waals surface area contributed by atoms with Gasteiger partial charge in [0.25, 0.3) is 0 Å². The molecule has 0 fully saturated rings. The van der Waals surface area contributed by atoms with E-state index in [-0.39, 0.29) is 5.91 Å². The summed E-state index contributed by atoms with van der Waals surface area (Å²) in [4.78, 5) is 22.9. The largest absolute Gasteiger partial charge is 0.325 e. The zero-order chi connectivity index (χ0) is 19.7. The molecule has 0 saturated heterocycles. The Hall–Kier alpha value is -3.68. The molecule has 28 heavy (non-hydrogen) atoms. The van der Waals surface area contributed by atoms with Gasteiger partial charge in [-0.1, -0.05) is 19.6 Å². The van der Waals surface area contributed by atoms with E-state index in [1.165, 1.54) is 6.08 Å². The van der Waals surface area contributed by atoms with Crippen molar-refractivity contribution >= 4 is 34.7 Å². The van der Waals surface area contributed by atoms with E-state index in [0.29, 0.717) is 17.6 Å². The van der Waals surface area contributed by atoms with Crippen LogP contribution in [0.5, 0.6) is 0 Å². The molecular formula is C20H21N7O. The van der Waals surface area contributed by atoms with Crippen molar-refractivity contribution in [2.45, 2.75) is 12.8 Å². The first kappa shape index (κ1) is 17.7. The normalized spacial score (nSPS) is 15.2. The molecule has 0 saturated carbocycles. The molecule has 142 valence electrons. The van der Waals surface area contributed by atoms with Crippen molar-refractivity contribution in [1.82, 2.24) is 19.7 Å². The molecule has 1 amide bonds. The average Bonchev–Trinajstić information content (AvgIpc) is 3.24. The number of aryl methyl sites for hydroxylation is 1. The summed E-state index contributed by atoms with van der Waals surface area (Å²) in [5.41, 5.74) is 3.59. The lowest BCUT2D eigenvalue weighted by Gasteiger charge is -2.20. The van der Waals surface area contributed by atoms with E-state index in [0.717, 1.165) is 29.3 Å². The Labute approximate surface area is 162 Å². The van der Waals surface area contributed by atoms with Crippen LogP contribution in [0.2, 0.25) is 0 Å². The Bertz CT molecular complexity index is 1040. The molecule has 1 atom stereocenters. The van der Waals surface area contributed by atoms with Crippen LogP contribution in [0.15, 0.2) is 55.5 Å². The molecular weight excluding hydrogens is 354 g/mol. The van der Waals surface area contributed by atoms with Gasteiger partial charge < -0.3 is 15.5 Å². The summed E-state index contributed by atoms with van der Waals surface area (Å²) in [5, 5.41) is 10.1. The van der Waals surface area contributed by atoms with Crippen molar-refractivity contribution < 1.29 is 4.79 Å². The van der Waals surface area contributed by atoms with Gasteiger partial charge in [-0.3, -0.25) is 9.48 Å². The van der Waals surface area contributed by atoms with Gasteiger partial charge in [-0.05, 0) is 24.3 Å².